The molecule has 20 heavy (non-hydrogen) atoms. The number of nitrogens with one attached hydrogen (secondary N) is 2. The Morgan fingerprint density at radius 1 is 1.45 bits per heavy atom. The predicted molar refractivity (Wildman–Crippen MR) is 74.2 cm³/mol. The Kier molecular flexibility index (Phi) is 4.08. The number of carbonyl (C=O) groups is 2. The van der Waals surface area contributed by atoms with Crippen molar-refractivity contribution in [1.82, 2.24) is 5.43 Å². The van der Waals surface area contributed by atoms with Crippen molar-refractivity contribution in [2.24, 2.45) is 5.10 Å². The lowest BCUT2D eigenvalue weighted by Crippen LogP contribution is -2.32. The first-order valence-electron chi connectivity index (χ1n) is 5.58. The lowest BCUT2D eigenvalue weighted by Gasteiger charge is -2.12. The first kappa shape index (κ1) is 14.1. The van der Waals surface area contributed by atoms with Crippen LogP contribution in [0.25, 0.3) is 0 Å². The van der Waals surface area contributed by atoms with Gasteiger partial charge in [0.15, 0.2) is 0 Å². The fourth-order valence-corrected chi connectivity index (χ4v) is 2.02. The molecule has 0 saturated carbocycles. The molecular formula is C11H9BrN4O4. The van der Waals surface area contributed by atoms with Gasteiger partial charge >= 0.3 is 0 Å². The van der Waals surface area contributed by atoms with Crippen LogP contribution < -0.4 is 10.7 Å². The number of anilines is 1. The molecule has 0 fully saturated rings. The Morgan fingerprint density at radius 3 is 2.75 bits per heavy atom. The van der Waals surface area contributed by atoms with Crippen LogP contribution in [0.4, 0.5) is 11.4 Å². The quantitative estimate of drug-likeness (QED) is 0.641. The fourth-order valence-electron chi connectivity index (χ4n) is 1.55. The molecule has 9 heteroatoms. The SMILES string of the molecule is O=C1CCC(C(=O)Nc2ccc([N+](=O)[O-])cc2Br)=NN1. The molecule has 1 aliphatic heterocycles. The zero-order chi connectivity index (χ0) is 14.7. The van der Waals surface area contributed by atoms with Crippen molar-refractivity contribution in [2.45, 2.75) is 12.8 Å². The molecule has 1 aromatic rings. The number of halogens is 1. The second kappa shape index (κ2) is 5.78. The maximum absolute atomic E-state index is 11.9. The molecule has 2 amide bonds. The largest absolute Gasteiger partial charge is 0.320 e. The van der Waals surface area contributed by atoms with Crippen LogP contribution in [-0.4, -0.2) is 22.4 Å². The molecule has 104 valence electrons. The van der Waals surface area contributed by atoms with Crippen LogP contribution in [0.5, 0.6) is 0 Å². The Hall–Kier alpha value is -2.29. The first-order chi connectivity index (χ1) is 9.47. The van der Waals surface area contributed by atoms with Crippen LogP contribution in [-0.2, 0) is 9.59 Å². The summed E-state index contributed by atoms with van der Waals surface area (Å²) in [5, 5.41) is 16.8. The Bertz CT molecular complexity index is 629. The first-order valence-corrected chi connectivity index (χ1v) is 6.37. The molecule has 2 rings (SSSR count). The van der Waals surface area contributed by atoms with E-state index < -0.39 is 10.8 Å². The summed E-state index contributed by atoms with van der Waals surface area (Å²) < 4.78 is 0.389. The highest BCUT2D eigenvalue weighted by Crippen LogP contribution is 2.27. The molecule has 0 bridgehead atoms. The van der Waals surface area contributed by atoms with Crippen molar-refractivity contribution >= 4 is 44.8 Å². The monoisotopic (exact) mass is 340 g/mol. The number of benzene rings is 1. The van der Waals surface area contributed by atoms with Crippen LogP contribution in [0.2, 0.25) is 0 Å². The van der Waals surface area contributed by atoms with Crippen molar-refractivity contribution in [3.05, 3.63) is 32.8 Å². The third-order valence-corrected chi connectivity index (χ3v) is 3.23. The molecule has 1 aromatic carbocycles. The predicted octanol–water partition coefficient (Wildman–Crippen LogP) is 1.56. The number of carbonyl (C=O) groups excluding carboxylic acids is 2. The van der Waals surface area contributed by atoms with Gasteiger partial charge in [-0.25, -0.2) is 5.43 Å². The van der Waals surface area contributed by atoms with Gasteiger partial charge in [-0.3, -0.25) is 19.7 Å². The Labute approximate surface area is 121 Å². The topological polar surface area (TPSA) is 114 Å². The summed E-state index contributed by atoms with van der Waals surface area (Å²) in [5.74, 6) is -0.697. The summed E-state index contributed by atoms with van der Waals surface area (Å²) in [5.41, 5.74) is 2.73. The van der Waals surface area contributed by atoms with Gasteiger partial charge in [-0.2, -0.15) is 5.10 Å². The molecule has 0 radical (unpaired) electrons. The maximum Gasteiger partial charge on any atom is 0.271 e. The summed E-state index contributed by atoms with van der Waals surface area (Å²) in [7, 11) is 0. The van der Waals surface area contributed by atoms with Gasteiger partial charge in [0.2, 0.25) is 5.91 Å². The van der Waals surface area contributed by atoms with Gasteiger partial charge < -0.3 is 5.32 Å². The van der Waals surface area contributed by atoms with E-state index in [1.165, 1.54) is 18.2 Å². The number of hydrogen-bond acceptors (Lipinski definition) is 5. The zero-order valence-corrected chi connectivity index (χ0v) is 11.6. The van der Waals surface area contributed by atoms with E-state index >= 15 is 0 Å². The average molecular weight is 341 g/mol. The van der Waals surface area contributed by atoms with Crippen LogP contribution >= 0.6 is 15.9 Å². The van der Waals surface area contributed by atoms with E-state index in [0.717, 1.165) is 0 Å². The second-order valence-corrected chi connectivity index (χ2v) is 4.82. The summed E-state index contributed by atoms with van der Waals surface area (Å²) >= 11 is 3.15. The highest BCUT2D eigenvalue weighted by molar-refractivity contribution is 9.10. The molecule has 0 spiro atoms. The molecule has 0 atom stereocenters. The van der Waals surface area contributed by atoms with E-state index in [2.05, 4.69) is 31.8 Å². The summed E-state index contributed by atoms with van der Waals surface area (Å²) in [6.07, 6.45) is 0.454. The summed E-state index contributed by atoms with van der Waals surface area (Å²) in [4.78, 5) is 32.9. The third kappa shape index (κ3) is 3.18. The van der Waals surface area contributed by atoms with Crippen molar-refractivity contribution in [3.63, 3.8) is 0 Å². The van der Waals surface area contributed by atoms with Gasteiger partial charge in [-0.1, -0.05) is 0 Å². The van der Waals surface area contributed by atoms with Crippen molar-refractivity contribution in [3.8, 4) is 0 Å². The van der Waals surface area contributed by atoms with E-state index in [9.17, 15) is 19.7 Å². The minimum atomic E-state index is -0.531. The number of rotatable bonds is 3. The molecule has 2 N–H and O–H groups in total. The fraction of sp³-hybridized carbons (Fsp3) is 0.182. The lowest BCUT2D eigenvalue weighted by atomic mass is 10.1. The van der Waals surface area contributed by atoms with Gasteiger partial charge in [0.25, 0.3) is 11.6 Å². The highest BCUT2D eigenvalue weighted by Gasteiger charge is 2.19. The van der Waals surface area contributed by atoms with E-state index in [0.29, 0.717) is 10.2 Å². The van der Waals surface area contributed by atoms with E-state index in [1.807, 2.05) is 0 Å². The second-order valence-electron chi connectivity index (χ2n) is 3.97. The minimum Gasteiger partial charge on any atom is -0.320 e. The molecule has 0 aromatic heterocycles. The van der Waals surface area contributed by atoms with Gasteiger partial charge in [-0.15, -0.1) is 0 Å². The maximum atomic E-state index is 11.9. The van der Waals surface area contributed by atoms with E-state index in [4.69, 9.17) is 0 Å². The van der Waals surface area contributed by atoms with Gasteiger partial charge in [-0.05, 0) is 22.0 Å². The zero-order valence-electron chi connectivity index (χ0n) is 10.1. The number of hydrogen-bond donors (Lipinski definition) is 2. The van der Waals surface area contributed by atoms with Crippen LogP contribution in [0, 0.1) is 10.1 Å². The molecule has 1 heterocycles. The summed E-state index contributed by atoms with van der Waals surface area (Å²) in [6.45, 7) is 0. The van der Waals surface area contributed by atoms with Gasteiger partial charge in [0.1, 0.15) is 5.71 Å². The molecular weight excluding hydrogens is 332 g/mol. The number of nitro groups is 1. The summed E-state index contributed by atoms with van der Waals surface area (Å²) in [6, 6.07) is 3.99. The lowest BCUT2D eigenvalue weighted by molar-refractivity contribution is -0.384. The van der Waals surface area contributed by atoms with Gasteiger partial charge in [0, 0.05) is 29.4 Å². The highest BCUT2D eigenvalue weighted by atomic mass is 79.9. The van der Waals surface area contributed by atoms with Crippen LogP contribution in [0.1, 0.15) is 12.8 Å². The van der Waals surface area contributed by atoms with Crippen LogP contribution in [0.15, 0.2) is 27.8 Å². The standard InChI is InChI=1S/C11H9BrN4O4/c12-7-5-6(16(19)20)1-2-8(7)13-11(18)9-3-4-10(17)15-14-9/h1-2,5H,3-4H2,(H,13,18)(H,15,17). The Morgan fingerprint density at radius 2 is 2.20 bits per heavy atom. The number of nitrogens with zero attached hydrogens (tertiary/aromatic N) is 2. The van der Waals surface area contributed by atoms with Crippen molar-refractivity contribution in [2.75, 3.05) is 5.32 Å². The molecule has 8 nitrogen and oxygen atoms in total. The smallest absolute Gasteiger partial charge is 0.271 e. The molecule has 0 aliphatic carbocycles. The number of hydrazone groups is 1. The van der Waals surface area contributed by atoms with E-state index in [-0.39, 0.29) is 30.1 Å². The van der Waals surface area contributed by atoms with E-state index in [1.54, 1.807) is 0 Å². The minimum absolute atomic E-state index is 0.0860. The van der Waals surface area contributed by atoms with Crippen LogP contribution in [0.3, 0.4) is 0 Å². The average Bonchev–Trinajstić information content (AvgIpc) is 2.41. The number of non-ortho nitro benzene ring substituents is 1. The molecule has 0 unspecified atom stereocenters. The Balaban J connectivity index is 2.12. The normalized spacial score (nSPS) is 14.2. The van der Waals surface area contributed by atoms with Gasteiger partial charge in [0.05, 0.1) is 10.6 Å². The third-order valence-electron chi connectivity index (χ3n) is 2.58. The van der Waals surface area contributed by atoms with Crippen molar-refractivity contribution < 1.29 is 14.5 Å². The van der Waals surface area contributed by atoms with Crippen molar-refractivity contribution in [1.29, 1.82) is 0 Å². The number of amides is 2. The molecule has 1 aliphatic rings. The molecule has 0 saturated heterocycles. The number of nitro benzene ring substituents is 1.